The largest absolute Gasteiger partial charge is 0.370 e. The fourth-order valence-electron chi connectivity index (χ4n) is 4.31. The molecule has 1 atom stereocenters. The summed E-state index contributed by atoms with van der Waals surface area (Å²) in [7, 11) is -3.68. The molecule has 156 valence electrons. The van der Waals surface area contributed by atoms with Gasteiger partial charge in [-0.3, -0.25) is 14.7 Å². The molecule has 3 N–H and O–H groups in total. The fourth-order valence-corrected chi connectivity index (χ4v) is 6.17. The molecule has 3 heterocycles. The van der Waals surface area contributed by atoms with E-state index in [2.05, 4.69) is 10.2 Å². The zero-order chi connectivity index (χ0) is 20.5. The van der Waals surface area contributed by atoms with Crippen LogP contribution in [0.4, 0.5) is 0 Å². The Bertz CT molecular complexity index is 823. The number of primary amides is 1. The van der Waals surface area contributed by atoms with Crippen LogP contribution in [0.3, 0.4) is 0 Å². The van der Waals surface area contributed by atoms with Gasteiger partial charge in [-0.25, -0.2) is 8.42 Å². The minimum atomic E-state index is -3.68. The number of H-pyrrole nitrogens is 1. The molecule has 2 fully saturated rings. The van der Waals surface area contributed by atoms with Crippen molar-refractivity contribution in [1.82, 2.24) is 19.4 Å². The predicted octanol–water partition coefficient (Wildman–Crippen LogP) is 0.541. The standard InChI is InChI=1S/C18H29N5O4S/c1-12-17(13(2)21-20-12)28(26,27)23-7-3-4-15(11-23)18(25)22-8-5-14(6-9-22)10-16(19)24/h14-15H,3-11H2,1-2H3,(H2,19,24)(H,20,21). The lowest BCUT2D eigenvalue weighted by Gasteiger charge is -2.37. The van der Waals surface area contributed by atoms with Gasteiger partial charge in [0.2, 0.25) is 21.8 Å². The van der Waals surface area contributed by atoms with Crippen molar-refractivity contribution in [2.24, 2.45) is 17.6 Å². The molecule has 3 rings (SSSR count). The molecule has 2 aliphatic rings. The first kappa shape index (κ1) is 20.8. The summed E-state index contributed by atoms with van der Waals surface area (Å²) in [4.78, 5) is 26.1. The SMILES string of the molecule is Cc1n[nH]c(C)c1S(=O)(=O)N1CCCC(C(=O)N2CCC(CC(N)=O)CC2)C1. The van der Waals surface area contributed by atoms with E-state index in [1.807, 2.05) is 4.90 Å². The maximum atomic E-state index is 13.1. The van der Waals surface area contributed by atoms with E-state index in [1.54, 1.807) is 13.8 Å². The van der Waals surface area contributed by atoms with E-state index < -0.39 is 10.0 Å². The molecule has 0 spiro atoms. The Morgan fingerprint density at radius 1 is 1.18 bits per heavy atom. The van der Waals surface area contributed by atoms with Gasteiger partial charge in [0.25, 0.3) is 0 Å². The molecule has 0 radical (unpaired) electrons. The van der Waals surface area contributed by atoms with Crippen LogP contribution >= 0.6 is 0 Å². The minimum Gasteiger partial charge on any atom is -0.370 e. The van der Waals surface area contributed by atoms with Crippen LogP contribution in [0.1, 0.15) is 43.5 Å². The van der Waals surface area contributed by atoms with Crippen LogP contribution in [0.5, 0.6) is 0 Å². The Kier molecular flexibility index (Phi) is 6.09. The van der Waals surface area contributed by atoms with Crippen LogP contribution in [-0.2, 0) is 19.6 Å². The number of hydrogen-bond donors (Lipinski definition) is 2. The van der Waals surface area contributed by atoms with Gasteiger partial charge in [0.05, 0.1) is 17.3 Å². The number of hydrogen-bond acceptors (Lipinski definition) is 5. The van der Waals surface area contributed by atoms with Crippen molar-refractivity contribution in [1.29, 1.82) is 0 Å². The molecule has 2 aliphatic heterocycles. The highest BCUT2D eigenvalue weighted by Gasteiger charge is 2.37. The Balaban J connectivity index is 1.65. The number of sulfonamides is 1. The van der Waals surface area contributed by atoms with Crippen molar-refractivity contribution in [2.75, 3.05) is 26.2 Å². The van der Waals surface area contributed by atoms with Gasteiger partial charge in [-0.05, 0) is 45.4 Å². The van der Waals surface area contributed by atoms with Crippen LogP contribution in [-0.4, -0.2) is 65.8 Å². The third kappa shape index (κ3) is 4.22. The lowest BCUT2D eigenvalue weighted by atomic mass is 9.91. The third-order valence-electron chi connectivity index (χ3n) is 5.81. The Hall–Kier alpha value is -1.94. The maximum absolute atomic E-state index is 13.1. The van der Waals surface area contributed by atoms with Gasteiger partial charge in [-0.15, -0.1) is 0 Å². The number of rotatable bonds is 5. The number of aromatic nitrogens is 2. The zero-order valence-corrected chi connectivity index (χ0v) is 17.3. The maximum Gasteiger partial charge on any atom is 0.246 e. The summed E-state index contributed by atoms with van der Waals surface area (Å²) in [5.41, 5.74) is 6.23. The van der Waals surface area contributed by atoms with Crippen molar-refractivity contribution in [3.8, 4) is 0 Å². The fraction of sp³-hybridized carbons (Fsp3) is 0.722. The molecule has 0 aliphatic carbocycles. The average molecular weight is 412 g/mol. The second-order valence-corrected chi connectivity index (χ2v) is 9.78. The molecule has 1 aromatic rings. The highest BCUT2D eigenvalue weighted by atomic mass is 32.2. The molecular weight excluding hydrogens is 382 g/mol. The number of nitrogens with two attached hydrogens (primary N) is 1. The number of piperidine rings is 2. The number of aromatic amines is 1. The molecule has 1 aromatic heterocycles. The smallest absolute Gasteiger partial charge is 0.246 e. The summed E-state index contributed by atoms with van der Waals surface area (Å²) in [6.07, 6.45) is 3.23. The summed E-state index contributed by atoms with van der Waals surface area (Å²) < 4.78 is 27.6. The molecule has 28 heavy (non-hydrogen) atoms. The molecule has 0 bridgehead atoms. The van der Waals surface area contributed by atoms with E-state index in [4.69, 9.17) is 5.73 Å². The summed E-state index contributed by atoms with van der Waals surface area (Å²) in [6, 6.07) is 0. The number of carbonyl (C=O) groups is 2. The molecule has 2 amide bonds. The topological polar surface area (TPSA) is 129 Å². The molecule has 9 nitrogen and oxygen atoms in total. The third-order valence-corrected chi connectivity index (χ3v) is 7.94. The molecule has 10 heteroatoms. The van der Waals surface area contributed by atoms with Crippen LogP contribution in [0.15, 0.2) is 4.90 Å². The molecular formula is C18H29N5O4S. The summed E-state index contributed by atoms with van der Waals surface area (Å²) in [5.74, 6) is -0.388. The lowest BCUT2D eigenvalue weighted by Crippen LogP contribution is -2.48. The first-order valence-corrected chi connectivity index (χ1v) is 11.2. The van der Waals surface area contributed by atoms with Crippen molar-refractivity contribution < 1.29 is 18.0 Å². The Morgan fingerprint density at radius 3 is 2.43 bits per heavy atom. The van der Waals surface area contributed by atoms with E-state index in [1.165, 1.54) is 4.31 Å². The number of likely N-dealkylation sites (tertiary alicyclic amines) is 1. The second-order valence-electron chi connectivity index (χ2n) is 7.90. The van der Waals surface area contributed by atoms with Gasteiger partial charge in [0.1, 0.15) is 4.90 Å². The van der Waals surface area contributed by atoms with E-state index in [9.17, 15) is 18.0 Å². The predicted molar refractivity (Wildman–Crippen MR) is 103 cm³/mol. The van der Waals surface area contributed by atoms with Gasteiger partial charge in [-0.2, -0.15) is 9.40 Å². The Labute approximate surface area is 165 Å². The van der Waals surface area contributed by atoms with E-state index >= 15 is 0 Å². The van der Waals surface area contributed by atoms with Crippen LogP contribution < -0.4 is 5.73 Å². The normalized spacial score (nSPS) is 22.4. The first-order valence-electron chi connectivity index (χ1n) is 9.79. The average Bonchev–Trinajstić information content (AvgIpc) is 3.00. The molecule has 0 aromatic carbocycles. The number of nitrogens with one attached hydrogen (secondary N) is 1. The quantitative estimate of drug-likeness (QED) is 0.730. The molecule has 2 saturated heterocycles. The van der Waals surface area contributed by atoms with Crippen LogP contribution in [0, 0.1) is 25.7 Å². The van der Waals surface area contributed by atoms with Gasteiger partial charge in [0, 0.05) is 32.6 Å². The van der Waals surface area contributed by atoms with E-state index in [0.29, 0.717) is 50.3 Å². The highest BCUT2D eigenvalue weighted by Crippen LogP contribution is 2.29. The van der Waals surface area contributed by atoms with Gasteiger partial charge in [-0.1, -0.05) is 0 Å². The summed E-state index contributed by atoms with van der Waals surface area (Å²) in [5, 5.41) is 6.71. The second kappa shape index (κ2) is 8.20. The first-order chi connectivity index (χ1) is 13.2. The summed E-state index contributed by atoms with van der Waals surface area (Å²) in [6.45, 7) is 5.16. The van der Waals surface area contributed by atoms with Crippen molar-refractivity contribution >= 4 is 21.8 Å². The van der Waals surface area contributed by atoms with Crippen molar-refractivity contribution in [2.45, 2.75) is 50.8 Å². The number of amides is 2. The number of aryl methyl sites for hydroxylation is 2. The van der Waals surface area contributed by atoms with Gasteiger partial charge in [0.15, 0.2) is 0 Å². The summed E-state index contributed by atoms with van der Waals surface area (Å²) >= 11 is 0. The lowest BCUT2D eigenvalue weighted by molar-refractivity contribution is -0.138. The molecule has 0 saturated carbocycles. The zero-order valence-electron chi connectivity index (χ0n) is 16.5. The van der Waals surface area contributed by atoms with E-state index in [-0.39, 0.29) is 35.1 Å². The highest BCUT2D eigenvalue weighted by molar-refractivity contribution is 7.89. The van der Waals surface area contributed by atoms with Crippen LogP contribution in [0.25, 0.3) is 0 Å². The number of nitrogens with zero attached hydrogens (tertiary/aromatic N) is 3. The van der Waals surface area contributed by atoms with Gasteiger partial charge < -0.3 is 10.6 Å². The van der Waals surface area contributed by atoms with Crippen molar-refractivity contribution in [3.63, 3.8) is 0 Å². The minimum absolute atomic E-state index is 0.0121. The Morgan fingerprint density at radius 2 is 1.86 bits per heavy atom. The van der Waals surface area contributed by atoms with Crippen molar-refractivity contribution in [3.05, 3.63) is 11.4 Å². The number of carbonyl (C=O) groups excluding carboxylic acids is 2. The van der Waals surface area contributed by atoms with E-state index in [0.717, 1.165) is 12.8 Å². The van der Waals surface area contributed by atoms with Gasteiger partial charge >= 0.3 is 0 Å². The monoisotopic (exact) mass is 411 g/mol. The van der Waals surface area contributed by atoms with Crippen LogP contribution in [0.2, 0.25) is 0 Å². The molecule has 1 unspecified atom stereocenters.